The van der Waals surface area contributed by atoms with Crippen molar-refractivity contribution < 1.29 is 14.3 Å². The average molecular weight is 246 g/mol. The van der Waals surface area contributed by atoms with Gasteiger partial charge in [-0.15, -0.1) is 0 Å². The van der Waals surface area contributed by atoms with Crippen molar-refractivity contribution in [3.8, 4) is 0 Å². The van der Waals surface area contributed by atoms with Crippen LogP contribution in [0.1, 0.15) is 36.5 Å². The van der Waals surface area contributed by atoms with Crippen LogP contribution < -0.4 is 0 Å². The Morgan fingerprint density at radius 2 is 1.89 bits per heavy atom. The average Bonchev–Trinajstić information content (AvgIpc) is 2.38. The molecular formula is C15H18O3. The maximum Gasteiger partial charge on any atom is 0.302 e. The lowest BCUT2D eigenvalue weighted by Crippen LogP contribution is -1.99. The van der Waals surface area contributed by atoms with Crippen LogP contribution in [0, 0.1) is 0 Å². The summed E-state index contributed by atoms with van der Waals surface area (Å²) in [4.78, 5) is 22.2. The minimum Gasteiger partial charge on any atom is -0.466 e. The van der Waals surface area contributed by atoms with Gasteiger partial charge < -0.3 is 4.74 Å². The molecule has 0 amide bonds. The first-order chi connectivity index (χ1) is 8.70. The third kappa shape index (κ3) is 5.99. The van der Waals surface area contributed by atoms with E-state index in [1.54, 1.807) is 18.2 Å². The van der Waals surface area contributed by atoms with E-state index in [0.29, 0.717) is 12.2 Å². The number of hydrogen-bond acceptors (Lipinski definition) is 3. The van der Waals surface area contributed by atoms with Crippen molar-refractivity contribution >= 4 is 11.8 Å². The van der Waals surface area contributed by atoms with E-state index in [9.17, 15) is 9.59 Å². The fraction of sp³-hybridized carbons (Fsp3) is 0.333. The number of ether oxygens (including phenoxy) is 1. The summed E-state index contributed by atoms with van der Waals surface area (Å²) in [6.07, 6.45) is 6.01. The second-order valence-corrected chi connectivity index (χ2v) is 3.97. The van der Waals surface area contributed by atoms with Gasteiger partial charge in [0.1, 0.15) is 0 Å². The minimum atomic E-state index is -0.246. The molecule has 0 atom stereocenters. The molecule has 0 saturated carbocycles. The first-order valence-corrected chi connectivity index (χ1v) is 6.09. The maximum absolute atomic E-state index is 11.7. The van der Waals surface area contributed by atoms with Crippen LogP contribution in [0.4, 0.5) is 0 Å². The summed E-state index contributed by atoms with van der Waals surface area (Å²) in [6.45, 7) is 1.86. The van der Waals surface area contributed by atoms with Gasteiger partial charge in [0.15, 0.2) is 5.78 Å². The quantitative estimate of drug-likeness (QED) is 0.321. The van der Waals surface area contributed by atoms with E-state index in [1.807, 2.05) is 24.3 Å². The van der Waals surface area contributed by atoms with E-state index in [0.717, 1.165) is 19.3 Å². The predicted octanol–water partition coefficient (Wildman–Crippen LogP) is 3.16. The number of rotatable bonds is 7. The molecule has 0 bridgehead atoms. The molecule has 0 aliphatic rings. The van der Waals surface area contributed by atoms with Gasteiger partial charge >= 0.3 is 5.97 Å². The third-order valence-electron chi connectivity index (χ3n) is 2.40. The Labute approximate surface area is 107 Å². The van der Waals surface area contributed by atoms with Crippen molar-refractivity contribution in [2.45, 2.75) is 26.2 Å². The molecule has 0 saturated heterocycles. The molecular weight excluding hydrogens is 228 g/mol. The molecule has 0 spiro atoms. The Morgan fingerprint density at radius 1 is 1.17 bits per heavy atom. The highest BCUT2D eigenvalue weighted by atomic mass is 16.5. The number of allylic oxidation sites excluding steroid dienone is 2. The molecule has 0 radical (unpaired) electrons. The fourth-order valence-electron chi connectivity index (χ4n) is 1.47. The number of carbonyl (C=O) groups is 2. The van der Waals surface area contributed by atoms with Gasteiger partial charge in [-0.3, -0.25) is 9.59 Å². The first kappa shape index (κ1) is 14.2. The summed E-state index contributed by atoms with van der Waals surface area (Å²) >= 11 is 0. The van der Waals surface area contributed by atoms with Gasteiger partial charge in [0.05, 0.1) is 6.61 Å². The summed E-state index contributed by atoms with van der Waals surface area (Å²) in [5.74, 6) is -0.222. The zero-order chi connectivity index (χ0) is 13.2. The monoisotopic (exact) mass is 246 g/mol. The molecule has 0 aromatic heterocycles. The SMILES string of the molecule is CC(=O)OCCCC/C=C/C(=O)c1ccccc1. The number of hydrogen-bond donors (Lipinski definition) is 0. The lowest BCUT2D eigenvalue weighted by atomic mass is 10.1. The second kappa shape index (κ2) is 8.23. The van der Waals surface area contributed by atoms with Gasteiger partial charge in [0, 0.05) is 12.5 Å². The van der Waals surface area contributed by atoms with Gasteiger partial charge in [0.25, 0.3) is 0 Å². The number of carbonyl (C=O) groups excluding carboxylic acids is 2. The highest BCUT2D eigenvalue weighted by Crippen LogP contribution is 2.03. The molecule has 1 rings (SSSR count). The lowest BCUT2D eigenvalue weighted by Gasteiger charge is -1.99. The first-order valence-electron chi connectivity index (χ1n) is 6.09. The lowest BCUT2D eigenvalue weighted by molar-refractivity contribution is -0.141. The Morgan fingerprint density at radius 3 is 2.56 bits per heavy atom. The molecule has 0 heterocycles. The van der Waals surface area contributed by atoms with Crippen molar-refractivity contribution in [1.29, 1.82) is 0 Å². The molecule has 96 valence electrons. The molecule has 18 heavy (non-hydrogen) atoms. The Balaban J connectivity index is 2.17. The molecule has 0 fully saturated rings. The van der Waals surface area contributed by atoms with E-state index in [4.69, 9.17) is 4.74 Å². The third-order valence-corrected chi connectivity index (χ3v) is 2.40. The normalized spacial score (nSPS) is 10.5. The van der Waals surface area contributed by atoms with Crippen molar-refractivity contribution in [3.63, 3.8) is 0 Å². The second-order valence-electron chi connectivity index (χ2n) is 3.97. The van der Waals surface area contributed by atoms with Crippen LogP contribution in [-0.2, 0) is 9.53 Å². The standard InChI is InChI=1S/C15H18O3/c1-13(16)18-12-8-3-2-7-11-15(17)14-9-5-4-6-10-14/h4-7,9-11H,2-3,8,12H2,1H3/b11-7+. The van der Waals surface area contributed by atoms with Crippen molar-refractivity contribution in [3.05, 3.63) is 48.0 Å². The van der Waals surface area contributed by atoms with Crippen LogP contribution >= 0.6 is 0 Å². The van der Waals surface area contributed by atoms with Crippen LogP contribution in [-0.4, -0.2) is 18.4 Å². The molecule has 0 aliphatic carbocycles. The molecule has 0 unspecified atom stereocenters. The van der Waals surface area contributed by atoms with Gasteiger partial charge in [-0.05, 0) is 25.3 Å². The van der Waals surface area contributed by atoms with E-state index >= 15 is 0 Å². The number of esters is 1. The zero-order valence-electron chi connectivity index (χ0n) is 10.6. The predicted molar refractivity (Wildman–Crippen MR) is 70.4 cm³/mol. The Bertz CT molecular complexity index is 407. The van der Waals surface area contributed by atoms with Gasteiger partial charge in [-0.1, -0.05) is 36.4 Å². The van der Waals surface area contributed by atoms with Gasteiger partial charge in [-0.25, -0.2) is 0 Å². The van der Waals surface area contributed by atoms with Gasteiger partial charge in [-0.2, -0.15) is 0 Å². The summed E-state index contributed by atoms with van der Waals surface area (Å²) < 4.78 is 4.81. The van der Waals surface area contributed by atoms with Crippen LogP contribution in [0.2, 0.25) is 0 Å². The summed E-state index contributed by atoms with van der Waals surface area (Å²) in [7, 11) is 0. The van der Waals surface area contributed by atoms with Gasteiger partial charge in [0.2, 0.25) is 0 Å². The number of ketones is 1. The highest BCUT2D eigenvalue weighted by molar-refractivity contribution is 6.04. The van der Waals surface area contributed by atoms with E-state index in [1.165, 1.54) is 6.92 Å². The Kier molecular flexibility index (Phi) is 6.47. The van der Waals surface area contributed by atoms with Crippen LogP contribution in [0.3, 0.4) is 0 Å². The summed E-state index contributed by atoms with van der Waals surface area (Å²) in [6, 6.07) is 9.18. The van der Waals surface area contributed by atoms with Crippen LogP contribution in [0.25, 0.3) is 0 Å². The summed E-state index contributed by atoms with van der Waals surface area (Å²) in [5, 5.41) is 0. The largest absolute Gasteiger partial charge is 0.466 e. The smallest absolute Gasteiger partial charge is 0.302 e. The molecule has 1 aromatic rings. The Hall–Kier alpha value is -1.90. The van der Waals surface area contributed by atoms with Crippen LogP contribution in [0.15, 0.2) is 42.5 Å². The fourth-order valence-corrected chi connectivity index (χ4v) is 1.47. The molecule has 3 heteroatoms. The van der Waals surface area contributed by atoms with E-state index < -0.39 is 0 Å². The molecule has 0 aliphatic heterocycles. The topological polar surface area (TPSA) is 43.4 Å². The van der Waals surface area contributed by atoms with E-state index in [-0.39, 0.29) is 11.8 Å². The van der Waals surface area contributed by atoms with Crippen molar-refractivity contribution in [2.24, 2.45) is 0 Å². The molecule has 1 aromatic carbocycles. The number of unbranched alkanes of at least 4 members (excludes halogenated alkanes) is 2. The zero-order valence-corrected chi connectivity index (χ0v) is 10.6. The minimum absolute atomic E-state index is 0.0237. The highest BCUT2D eigenvalue weighted by Gasteiger charge is 1.98. The van der Waals surface area contributed by atoms with Crippen molar-refractivity contribution in [2.75, 3.05) is 6.61 Å². The maximum atomic E-state index is 11.7. The molecule has 0 N–H and O–H groups in total. The summed E-state index contributed by atoms with van der Waals surface area (Å²) in [5.41, 5.74) is 0.702. The van der Waals surface area contributed by atoms with Crippen LogP contribution in [0.5, 0.6) is 0 Å². The van der Waals surface area contributed by atoms with E-state index in [2.05, 4.69) is 0 Å². The number of benzene rings is 1. The van der Waals surface area contributed by atoms with Crippen molar-refractivity contribution in [1.82, 2.24) is 0 Å². The molecule has 3 nitrogen and oxygen atoms in total.